The van der Waals surface area contributed by atoms with Gasteiger partial charge in [0, 0.05) is 4.88 Å². The highest BCUT2D eigenvalue weighted by Gasteiger charge is 2.18. The van der Waals surface area contributed by atoms with Crippen LogP contribution in [-0.4, -0.2) is 22.2 Å². The van der Waals surface area contributed by atoms with Gasteiger partial charge in [0.05, 0.1) is 17.0 Å². The number of halogens is 1. The molecular formula is C20H19BrN2O3S. The van der Waals surface area contributed by atoms with Crippen molar-refractivity contribution in [2.75, 3.05) is 7.11 Å². The number of nitrogens with zero attached hydrogens (tertiary/aromatic N) is 1. The van der Waals surface area contributed by atoms with E-state index in [1.54, 1.807) is 29.5 Å². The number of fused-ring (bicyclic) bond motifs is 3. The fourth-order valence-electron chi connectivity index (χ4n) is 3.46. The van der Waals surface area contributed by atoms with Gasteiger partial charge in [0.25, 0.3) is 5.56 Å². The highest BCUT2D eigenvalue weighted by molar-refractivity contribution is 9.10. The van der Waals surface area contributed by atoms with Crippen molar-refractivity contribution in [2.45, 2.75) is 32.1 Å². The lowest BCUT2D eigenvalue weighted by molar-refractivity contribution is 0.372. The average Bonchev–Trinajstić information content (AvgIpc) is 2.84. The van der Waals surface area contributed by atoms with Gasteiger partial charge in [-0.15, -0.1) is 11.3 Å². The maximum atomic E-state index is 12.7. The minimum Gasteiger partial charge on any atom is -0.503 e. The first-order valence-electron chi connectivity index (χ1n) is 8.86. The Bertz CT molecular complexity index is 1100. The number of H-pyrrole nitrogens is 1. The number of hydrogen-bond donors (Lipinski definition) is 2. The predicted molar refractivity (Wildman–Crippen MR) is 113 cm³/mol. The first kappa shape index (κ1) is 18.3. The summed E-state index contributed by atoms with van der Waals surface area (Å²) in [6, 6.07) is 3.50. The van der Waals surface area contributed by atoms with E-state index in [1.165, 1.54) is 30.4 Å². The van der Waals surface area contributed by atoms with Crippen molar-refractivity contribution in [1.82, 2.24) is 9.97 Å². The minimum atomic E-state index is -0.0662. The Kier molecular flexibility index (Phi) is 5.06. The van der Waals surface area contributed by atoms with Gasteiger partial charge in [0.15, 0.2) is 11.5 Å². The molecular weight excluding hydrogens is 428 g/mol. The van der Waals surface area contributed by atoms with Crippen molar-refractivity contribution in [3.63, 3.8) is 0 Å². The first-order chi connectivity index (χ1) is 13.1. The summed E-state index contributed by atoms with van der Waals surface area (Å²) in [5.74, 6) is 0.956. The van der Waals surface area contributed by atoms with Gasteiger partial charge < -0.3 is 14.8 Å². The number of phenols is 1. The molecule has 4 rings (SSSR count). The molecule has 0 fully saturated rings. The van der Waals surface area contributed by atoms with E-state index < -0.39 is 0 Å². The Labute approximate surface area is 168 Å². The maximum Gasteiger partial charge on any atom is 0.260 e. The average molecular weight is 447 g/mol. The molecule has 27 heavy (non-hydrogen) atoms. The molecule has 0 spiro atoms. The zero-order chi connectivity index (χ0) is 19.0. The van der Waals surface area contributed by atoms with Crippen molar-refractivity contribution >= 4 is 49.6 Å². The molecule has 3 aromatic rings. The molecule has 0 bridgehead atoms. The second-order valence-corrected chi connectivity index (χ2v) is 8.52. The number of benzene rings is 1. The van der Waals surface area contributed by atoms with Gasteiger partial charge >= 0.3 is 0 Å². The van der Waals surface area contributed by atoms with Crippen molar-refractivity contribution in [3.05, 3.63) is 48.8 Å². The number of phenolic OH excluding ortho intramolecular Hbond substituents is 1. The van der Waals surface area contributed by atoms with E-state index in [-0.39, 0.29) is 11.3 Å². The summed E-state index contributed by atoms with van der Waals surface area (Å²) in [5.41, 5.74) is 1.95. The van der Waals surface area contributed by atoms with Crippen LogP contribution in [0.15, 0.2) is 21.4 Å². The summed E-state index contributed by atoms with van der Waals surface area (Å²) in [7, 11) is 1.50. The van der Waals surface area contributed by atoms with Gasteiger partial charge in [-0.05, 0) is 70.9 Å². The van der Waals surface area contributed by atoms with Gasteiger partial charge in [-0.2, -0.15) is 0 Å². The van der Waals surface area contributed by atoms with E-state index >= 15 is 0 Å². The number of aromatic nitrogens is 2. The molecule has 2 aromatic heterocycles. The summed E-state index contributed by atoms with van der Waals surface area (Å²) in [5, 5.41) is 10.7. The third kappa shape index (κ3) is 3.53. The summed E-state index contributed by atoms with van der Waals surface area (Å²) < 4.78 is 5.71. The molecule has 0 radical (unpaired) electrons. The molecule has 140 valence electrons. The lowest BCUT2D eigenvalue weighted by Crippen LogP contribution is -2.10. The second-order valence-electron chi connectivity index (χ2n) is 6.58. The number of aromatic amines is 1. The van der Waals surface area contributed by atoms with Crippen LogP contribution in [-0.2, 0) is 12.8 Å². The molecule has 1 aliphatic rings. The van der Waals surface area contributed by atoms with Crippen molar-refractivity contribution in [2.24, 2.45) is 0 Å². The summed E-state index contributed by atoms with van der Waals surface area (Å²) in [6.07, 6.45) is 9.15. The van der Waals surface area contributed by atoms with Gasteiger partial charge in [-0.25, -0.2) is 4.98 Å². The largest absolute Gasteiger partial charge is 0.503 e. The molecule has 1 aliphatic carbocycles. The van der Waals surface area contributed by atoms with Crippen molar-refractivity contribution in [3.8, 4) is 11.5 Å². The Balaban J connectivity index is 1.72. The van der Waals surface area contributed by atoms with Crippen LogP contribution in [0, 0.1) is 0 Å². The Morgan fingerprint density at radius 2 is 2.07 bits per heavy atom. The molecule has 0 saturated heterocycles. The molecule has 0 amide bonds. The SMILES string of the molecule is COc1cc(C=Cc2nc3sc4c(c3c(=O)[nH]2)CCCCC4)cc(Br)c1O. The normalized spacial score (nSPS) is 14.4. The highest BCUT2D eigenvalue weighted by atomic mass is 79.9. The van der Waals surface area contributed by atoms with Gasteiger partial charge in [-0.1, -0.05) is 12.5 Å². The first-order valence-corrected chi connectivity index (χ1v) is 10.5. The van der Waals surface area contributed by atoms with E-state index in [9.17, 15) is 9.90 Å². The second kappa shape index (κ2) is 7.48. The zero-order valence-corrected chi connectivity index (χ0v) is 17.2. The van der Waals surface area contributed by atoms with Crippen molar-refractivity contribution in [1.29, 1.82) is 0 Å². The van der Waals surface area contributed by atoms with Gasteiger partial charge in [-0.3, -0.25) is 4.79 Å². The Morgan fingerprint density at radius 1 is 1.26 bits per heavy atom. The van der Waals surface area contributed by atoms with E-state index in [2.05, 4.69) is 25.9 Å². The summed E-state index contributed by atoms with van der Waals surface area (Å²) in [4.78, 5) is 22.3. The Morgan fingerprint density at radius 3 is 2.89 bits per heavy atom. The quantitative estimate of drug-likeness (QED) is 0.560. The molecule has 2 N–H and O–H groups in total. The van der Waals surface area contributed by atoms with Crippen LogP contribution in [0.1, 0.15) is 41.1 Å². The molecule has 0 saturated carbocycles. The third-order valence-electron chi connectivity index (χ3n) is 4.80. The van der Waals surface area contributed by atoms with Gasteiger partial charge in [0.2, 0.25) is 0 Å². The fourth-order valence-corrected chi connectivity index (χ4v) is 5.19. The molecule has 1 aromatic carbocycles. The number of ether oxygens (including phenoxy) is 1. The van der Waals surface area contributed by atoms with Crippen molar-refractivity contribution < 1.29 is 9.84 Å². The topological polar surface area (TPSA) is 75.2 Å². The molecule has 0 aliphatic heterocycles. The van der Waals surface area contributed by atoms with Crippen LogP contribution in [0.25, 0.3) is 22.4 Å². The fraction of sp³-hybridized carbons (Fsp3) is 0.300. The zero-order valence-electron chi connectivity index (χ0n) is 14.8. The standard InChI is InChI=1S/C20H19BrN2O3S/c1-26-14-10-11(9-13(21)18(14)24)7-8-16-22-19(25)17-12-5-3-2-4-6-15(12)27-20(17)23-16/h7-10,24H,2-6H2,1H3,(H,22,23,25). The monoisotopic (exact) mass is 446 g/mol. The number of methoxy groups -OCH3 is 1. The number of aryl methyl sites for hydroxylation is 2. The van der Waals surface area contributed by atoms with Crippen LogP contribution in [0.2, 0.25) is 0 Å². The molecule has 0 unspecified atom stereocenters. The number of rotatable bonds is 3. The Hall–Kier alpha value is -2.12. The summed E-state index contributed by atoms with van der Waals surface area (Å²) in [6.45, 7) is 0. The molecule has 7 heteroatoms. The number of thiophene rings is 1. The number of aromatic hydroxyl groups is 1. The van der Waals surface area contributed by atoms with Gasteiger partial charge in [0.1, 0.15) is 10.7 Å². The minimum absolute atomic E-state index is 0.0580. The maximum absolute atomic E-state index is 12.7. The van der Waals surface area contributed by atoms with E-state index in [0.29, 0.717) is 16.0 Å². The highest BCUT2D eigenvalue weighted by Crippen LogP contribution is 2.36. The number of hydrogen-bond acceptors (Lipinski definition) is 5. The van der Waals surface area contributed by atoms with Crippen LogP contribution in [0.5, 0.6) is 11.5 Å². The van der Waals surface area contributed by atoms with Crippen LogP contribution >= 0.6 is 27.3 Å². The predicted octanol–water partition coefficient (Wildman–Crippen LogP) is 4.90. The smallest absolute Gasteiger partial charge is 0.260 e. The lowest BCUT2D eigenvalue weighted by atomic mass is 10.1. The third-order valence-corrected chi connectivity index (χ3v) is 6.59. The van der Waals surface area contributed by atoms with E-state index in [0.717, 1.165) is 35.0 Å². The van der Waals surface area contributed by atoms with Crippen LogP contribution in [0.4, 0.5) is 0 Å². The number of nitrogens with one attached hydrogen (secondary N) is 1. The lowest BCUT2D eigenvalue weighted by Gasteiger charge is -2.06. The van der Waals surface area contributed by atoms with Crippen LogP contribution < -0.4 is 10.3 Å². The molecule has 0 atom stereocenters. The van der Waals surface area contributed by atoms with E-state index in [4.69, 9.17) is 4.74 Å². The summed E-state index contributed by atoms with van der Waals surface area (Å²) >= 11 is 4.96. The molecule has 5 nitrogen and oxygen atoms in total. The van der Waals surface area contributed by atoms with E-state index in [1.807, 2.05) is 6.08 Å². The molecule has 2 heterocycles. The van der Waals surface area contributed by atoms with Crippen LogP contribution in [0.3, 0.4) is 0 Å².